The van der Waals surface area contributed by atoms with Crippen molar-refractivity contribution in [1.82, 2.24) is 5.23 Å². The van der Waals surface area contributed by atoms with Gasteiger partial charge in [-0.15, -0.1) is 0 Å². The van der Waals surface area contributed by atoms with Gasteiger partial charge in [-0.25, -0.2) is 0 Å². The predicted molar refractivity (Wildman–Crippen MR) is 56.3 cm³/mol. The van der Waals surface area contributed by atoms with E-state index in [1.165, 1.54) is 0 Å². The molecule has 82 valence electrons. The van der Waals surface area contributed by atoms with Gasteiger partial charge in [0.1, 0.15) is 0 Å². The van der Waals surface area contributed by atoms with Crippen molar-refractivity contribution in [3.8, 4) is 0 Å². The Bertz CT molecular complexity index is 247. The lowest BCUT2D eigenvalue weighted by Crippen LogP contribution is -2.36. The first-order chi connectivity index (χ1) is 7.10. The van der Waals surface area contributed by atoms with Crippen molar-refractivity contribution in [3.05, 3.63) is 0 Å². The summed E-state index contributed by atoms with van der Waals surface area (Å²) in [5.74, 6) is -1.26. The van der Waals surface area contributed by atoms with E-state index in [-0.39, 0.29) is 12.3 Å². The Balaban J connectivity index is 2.75. The molecule has 0 unspecified atom stereocenters. The summed E-state index contributed by atoms with van der Waals surface area (Å²) in [5.41, 5.74) is -0.889. The number of carboxylic acids is 1. The average Bonchev–Trinajstić information content (AvgIpc) is 2.44. The maximum absolute atomic E-state index is 11.3. The zero-order chi connectivity index (χ0) is 11.3. The Morgan fingerprint density at radius 1 is 1.20 bits per heavy atom. The van der Waals surface area contributed by atoms with Crippen LogP contribution < -0.4 is 5.23 Å². The quantitative estimate of drug-likeness (QED) is 0.538. The van der Waals surface area contributed by atoms with Gasteiger partial charge < -0.3 is 10.3 Å². The molecular formula is C10H16BNO3. The lowest BCUT2D eigenvalue weighted by Gasteiger charge is -2.26. The van der Waals surface area contributed by atoms with Gasteiger partial charge in [-0.1, -0.05) is 25.7 Å². The predicted octanol–water partition coefficient (Wildman–Crippen LogP) is 1.00. The molecule has 0 aliphatic heterocycles. The molecule has 1 aliphatic carbocycles. The van der Waals surface area contributed by atoms with Gasteiger partial charge in [0, 0.05) is 6.42 Å². The minimum Gasteiger partial charge on any atom is -0.481 e. The molecule has 4 nitrogen and oxygen atoms in total. The molecule has 1 aliphatic rings. The molecule has 0 aromatic rings. The SMILES string of the molecule is [B]NC(=O)CC1(C(=O)O)CCCCCC1. The second-order valence-electron chi connectivity index (χ2n) is 4.24. The molecule has 0 spiro atoms. The molecule has 1 rings (SSSR count). The van der Waals surface area contributed by atoms with Crippen molar-refractivity contribution in [2.24, 2.45) is 5.41 Å². The monoisotopic (exact) mass is 209 g/mol. The maximum atomic E-state index is 11.3. The van der Waals surface area contributed by atoms with E-state index in [2.05, 4.69) is 0 Å². The fourth-order valence-corrected chi connectivity index (χ4v) is 2.23. The van der Waals surface area contributed by atoms with E-state index in [9.17, 15) is 14.7 Å². The molecule has 5 heteroatoms. The molecule has 0 aromatic carbocycles. The van der Waals surface area contributed by atoms with Crippen LogP contribution in [0.2, 0.25) is 0 Å². The fraction of sp³-hybridized carbons (Fsp3) is 0.800. The van der Waals surface area contributed by atoms with Crippen LogP contribution in [0.15, 0.2) is 0 Å². The maximum Gasteiger partial charge on any atom is 0.310 e. The second-order valence-corrected chi connectivity index (χ2v) is 4.24. The average molecular weight is 209 g/mol. The van der Waals surface area contributed by atoms with Crippen molar-refractivity contribution >= 4 is 19.9 Å². The van der Waals surface area contributed by atoms with E-state index in [1.54, 1.807) is 0 Å². The highest BCUT2D eigenvalue weighted by molar-refractivity contribution is 6.14. The van der Waals surface area contributed by atoms with Gasteiger partial charge >= 0.3 is 5.97 Å². The molecular weight excluding hydrogens is 193 g/mol. The fourth-order valence-electron chi connectivity index (χ4n) is 2.23. The number of hydrogen-bond donors (Lipinski definition) is 2. The van der Waals surface area contributed by atoms with Crippen molar-refractivity contribution in [2.45, 2.75) is 44.9 Å². The minimum atomic E-state index is -0.889. The van der Waals surface area contributed by atoms with Crippen LogP contribution in [0.4, 0.5) is 0 Å². The molecule has 0 atom stereocenters. The molecule has 0 bridgehead atoms. The summed E-state index contributed by atoms with van der Waals surface area (Å²) in [7, 11) is 4.99. The van der Waals surface area contributed by atoms with Crippen LogP contribution >= 0.6 is 0 Å². The van der Waals surface area contributed by atoms with Crippen molar-refractivity contribution in [3.63, 3.8) is 0 Å². The van der Waals surface area contributed by atoms with Gasteiger partial charge in [0.2, 0.25) is 13.9 Å². The molecule has 2 radical (unpaired) electrons. The first-order valence-electron chi connectivity index (χ1n) is 5.33. The Labute approximate surface area is 90.9 Å². The van der Waals surface area contributed by atoms with E-state index < -0.39 is 11.4 Å². The highest BCUT2D eigenvalue weighted by atomic mass is 16.4. The van der Waals surface area contributed by atoms with Crippen molar-refractivity contribution in [1.29, 1.82) is 0 Å². The van der Waals surface area contributed by atoms with Gasteiger partial charge in [0.25, 0.3) is 0 Å². The van der Waals surface area contributed by atoms with E-state index in [1.807, 2.05) is 5.23 Å². The Hall–Kier alpha value is -0.995. The standard InChI is InChI=1S/C10H16BNO3/c11-12-8(13)7-10(9(14)15)5-3-1-2-4-6-10/h1-7H2,(H,12,13)(H,14,15). The summed E-state index contributed by atoms with van der Waals surface area (Å²) in [4.78, 5) is 22.5. The summed E-state index contributed by atoms with van der Waals surface area (Å²) < 4.78 is 0. The van der Waals surface area contributed by atoms with Gasteiger partial charge in [-0.3, -0.25) is 9.59 Å². The summed E-state index contributed by atoms with van der Waals surface area (Å²) in [6.07, 6.45) is 5.02. The number of rotatable bonds is 3. The molecule has 0 aromatic heterocycles. The first-order valence-corrected chi connectivity index (χ1v) is 5.33. The Morgan fingerprint density at radius 3 is 2.13 bits per heavy atom. The third kappa shape index (κ3) is 2.98. The lowest BCUT2D eigenvalue weighted by atomic mass is 9.77. The van der Waals surface area contributed by atoms with E-state index in [0.29, 0.717) is 12.8 Å². The highest BCUT2D eigenvalue weighted by Crippen LogP contribution is 2.38. The van der Waals surface area contributed by atoms with Crippen LogP contribution in [0.25, 0.3) is 0 Å². The lowest BCUT2D eigenvalue weighted by molar-refractivity contribution is -0.152. The molecule has 15 heavy (non-hydrogen) atoms. The van der Waals surface area contributed by atoms with E-state index >= 15 is 0 Å². The second kappa shape index (κ2) is 5.19. The van der Waals surface area contributed by atoms with Crippen LogP contribution in [-0.4, -0.2) is 25.0 Å². The highest BCUT2D eigenvalue weighted by Gasteiger charge is 2.40. The number of carbonyl (C=O) groups is 2. The molecule has 1 fully saturated rings. The number of carbonyl (C=O) groups excluding carboxylic acids is 1. The largest absolute Gasteiger partial charge is 0.481 e. The van der Waals surface area contributed by atoms with E-state index in [4.69, 9.17) is 7.98 Å². The topological polar surface area (TPSA) is 66.4 Å². The summed E-state index contributed by atoms with van der Waals surface area (Å²) in [6.45, 7) is 0. The summed E-state index contributed by atoms with van der Waals surface area (Å²) in [6, 6.07) is 0. The van der Waals surface area contributed by atoms with Crippen LogP contribution in [0.1, 0.15) is 44.9 Å². The Morgan fingerprint density at radius 2 is 1.73 bits per heavy atom. The zero-order valence-corrected chi connectivity index (χ0v) is 8.79. The smallest absolute Gasteiger partial charge is 0.310 e. The summed E-state index contributed by atoms with van der Waals surface area (Å²) >= 11 is 0. The van der Waals surface area contributed by atoms with Gasteiger partial charge in [-0.2, -0.15) is 0 Å². The van der Waals surface area contributed by atoms with E-state index in [0.717, 1.165) is 25.7 Å². The van der Waals surface area contributed by atoms with Gasteiger partial charge in [0.05, 0.1) is 5.41 Å². The zero-order valence-electron chi connectivity index (χ0n) is 8.79. The number of nitrogens with one attached hydrogen (secondary N) is 1. The number of amides is 1. The third-order valence-corrected chi connectivity index (χ3v) is 3.17. The van der Waals surface area contributed by atoms with Crippen LogP contribution in [0.5, 0.6) is 0 Å². The number of carboxylic acid groups (broad SMARTS) is 1. The summed E-state index contributed by atoms with van der Waals surface area (Å²) in [5, 5.41) is 11.2. The molecule has 2 N–H and O–H groups in total. The number of hydrogen-bond acceptors (Lipinski definition) is 2. The molecule has 0 saturated heterocycles. The van der Waals surface area contributed by atoms with Gasteiger partial charge in [-0.05, 0) is 12.8 Å². The Kier molecular flexibility index (Phi) is 4.18. The molecule has 1 saturated carbocycles. The first kappa shape index (κ1) is 12.1. The van der Waals surface area contributed by atoms with Crippen LogP contribution in [-0.2, 0) is 9.59 Å². The molecule has 1 amide bonds. The van der Waals surface area contributed by atoms with Crippen molar-refractivity contribution < 1.29 is 14.7 Å². The van der Waals surface area contributed by atoms with Crippen molar-refractivity contribution in [2.75, 3.05) is 0 Å². The van der Waals surface area contributed by atoms with Crippen LogP contribution in [0, 0.1) is 5.41 Å². The normalized spacial score (nSPS) is 20.3. The van der Waals surface area contributed by atoms with Crippen LogP contribution in [0.3, 0.4) is 0 Å². The molecule has 0 heterocycles. The van der Waals surface area contributed by atoms with Gasteiger partial charge in [0.15, 0.2) is 0 Å². The third-order valence-electron chi connectivity index (χ3n) is 3.17. The minimum absolute atomic E-state index is 0.00116. The number of aliphatic carboxylic acids is 1.